The third-order valence-electron chi connectivity index (χ3n) is 3.88. The maximum atomic E-state index is 6.21. The Labute approximate surface area is 128 Å². The molecule has 21 heavy (non-hydrogen) atoms. The van der Waals surface area contributed by atoms with Gasteiger partial charge in [0.1, 0.15) is 11.9 Å². The van der Waals surface area contributed by atoms with Crippen molar-refractivity contribution in [1.82, 2.24) is 5.32 Å². The second kappa shape index (κ2) is 7.28. The van der Waals surface area contributed by atoms with Gasteiger partial charge in [-0.2, -0.15) is 0 Å². The van der Waals surface area contributed by atoms with E-state index in [4.69, 9.17) is 4.74 Å². The van der Waals surface area contributed by atoms with E-state index >= 15 is 0 Å². The van der Waals surface area contributed by atoms with Gasteiger partial charge in [-0.25, -0.2) is 0 Å². The Bertz CT molecular complexity index is 562. The molecule has 2 rings (SSSR count). The number of rotatable bonds is 6. The van der Waals surface area contributed by atoms with Crippen molar-refractivity contribution >= 4 is 0 Å². The smallest absolute Gasteiger partial charge is 0.122 e. The molecule has 0 radical (unpaired) electrons. The van der Waals surface area contributed by atoms with Crippen LogP contribution in [-0.4, -0.2) is 13.2 Å². The van der Waals surface area contributed by atoms with E-state index in [-0.39, 0.29) is 12.1 Å². The summed E-state index contributed by atoms with van der Waals surface area (Å²) in [6.45, 7) is 6.38. The van der Waals surface area contributed by atoms with Crippen LogP contribution in [0, 0.1) is 6.92 Å². The van der Waals surface area contributed by atoms with E-state index in [1.54, 1.807) is 0 Å². The summed E-state index contributed by atoms with van der Waals surface area (Å²) >= 11 is 0. The first-order valence-corrected chi connectivity index (χ1v) is 7.64. The van der Waals surface area contributed by atoms with Crippen molar-refractivity contribution in [3.05, 3.63) is 65.2 Å². The van der Waals surface area contributed by atoms with Gasteiger partial charge in [-0.15, -0.1) is 0 Å². The monoisotopic (exact) mass is 283 g/mol. The van der Waals surface area contributed by atoms with Crippen molar-refractivity contribution < 1.29 is 4.74 Å². The molecule has 0 aliphatic rings. The molecule has 2 aromatic rings. The highest BCUT2D eigenvalue weighted by atomic mass is 16.5. The highest BCUT2D eigenvalue weighted by Gasteiger charge is 2.19. The molecule has 2 atom stereocenters. The summed E-state index contributed by atoms with van der Waals surface area (Å²) in [5.74, 6) is 0.986. The molecular formula is C19H25NO. The van der Waals surface area contributed by atoms with Crippen molar-refractivity contribution in [1.29, 1.82) is 0 Å². The molecular weight excluding hydrogens is 258 g/mol. The number of aryl methyl sites for hydroxylation is 2. The fraction of sp³-hybridized carbons (Fsp3) is 0.368. The van der Waals surface area contributed by atoms with E-state index < -0.39 is 0 Å². The topological polar surface area (TPSA) is 21.3 Å². The SMILES string of the molecule is CCc1ccccc1OC(C)C(NC)c1ccc(C)cc1. The lowest BCUT2D eigenvalue weighted by molar-refractivity contribution is 0.174. The van der Waals surface area contributed by atoms with E-state index in [1.807, 2.05) is 13.1 Å². The second-order valence-corrected chi connectivity index (χ2v) is 5.46. The molecule has 0 amide bonds. The van der Waals surface area contributed by atoms with Gasteiger partial charge >= 0.3 is 0 Å². The van der Waals surface area contributed by atoms with Crippen molar-refractivity contribution in [3.63, 3.8) is 0 Å². The Hall–Kier alpha value is -1.80. The van der Waals surface area contributed by atoms with E-state index in [0.29, 0.717) is 0 Å². The average molecular weight is 283 g/mol. The Morgan fingerprint density at radius 3 is 2.33 bits per heavy atom. The third-order valence-corrected chi connectivity index (χ3v) is 3.88. The van der Waals surface area contributed by atoms with E-state index in [1.165, 1.54) is 16.7 Å². The molecule has 2 aromatic carbocycles. The van der Waals surface area contributed by atoms with Crippen molar-refractivity contribution in [2.75, 3.05) is 7.05 Å². The number of hydrogen-bond acceptors (Lipinski definition) is 2. The maximum absolute atomic E-state index is 6.21. The maximum Gasteiger partial charge on any atom is 0.122 e. The van der Waals surface area contributed by atoms with Crippen LogP contribution in [0.5, 0.6) is 5.75 Å². The predicted octanol–water partition coefficient (Wildman–Crippen LogP) is 4.29. The molecule has 0 aliphatic heterocycles. The van der Waals surface area contributed by atoms with Crippen LogP contribution in [0.3, 0.4) is 0 Å². The van der Waals surface area contributed by atoms with Gasteiger partial charge in [0.15, 0.2) is 0 Å². The quantitative estimate of drug-likeness (QED) is 0.854. The Kier molecular flexibility index (Phi) is 5.40. The van der Waals surface area contributed by atoms with E-state index in [0.717, 1.165) is 12.2 Å². The summed E-state index contributed by atoms with van der Waals surface area (Å²) in [6, 6.07) is 17.1. The van der Waals surface area contributed by atoms with Crippen LogP contribution in [0.1, 0.15) is 36.6 Å². The molecule has 1 N–H and O–H groups in total. The lowest BCUT2D eigenvalue weighted by Gasteiger charge is -2.26. The number of likely N-dealkylation sites (N-methyl/N-ethyl adjacent to an activating group) is 1. The molecule has 0 spiro atoms. The molecule has 0 saturated carbocycles. The van der Waals surface area contributed by atoms with Crippen LogP contribution in [0.2, 0.25) is 0 Å². The molecule has 0 heterocycles. The molecule has 2 heteroatoms. The number of nitrogens with one attached hydrogen (secondary N) is 1. The summed E-state index contributed by atoms with van der Waals surface area (Å²) < 4.78 is 6.21. The molecule has 112 valence electrons. The van der Waals surface area contributed by atoms with Crippen LogP contribution in [0.15, 0.2) is 48.5 Å². The second-order valence-electron chi connectivity index (χ2n) is 5.46. The zero-order valence-corrected chi connectivity index (χ0v) is 13.4. The van der Waals surface area contributed by atoms with Gasteiger partial charge in [-0.3, -0.25) is 0 Å². The van der Waals surface area contributed by atoms with Crippen LogP contribution in [0.4, 0.5) is 0 Å². The van der Waals surface area contributed by atoms with Crippen LogP contribution < -0.4 is 10.1 Å². The minimum absolute atomic E-state index is 0.0606. The Balaban J connectivity index is 2.16. The highest BCUT2D eigenvalue weighted by molar-refractivity contribution is 5.34. The van der Waals surface area contributed by atoms with Crippen molar-refractivity contribution in [2.24, 2.45) is 0 Å². The van der Waals surface area contributed by atoms with E-state index in [9.17, 15) is 0 Å². The average Bonchev–Trinajstić information content (AvgIpc) is 2.50. The van der Waals surface area contributed by atoms with Gasteiger partial charge in [0, 0.05) is 0 Å². The standard InChI is InChI=1S/C19H25NO/c1-5-16-8-6-7-9-18(16)21-15(3)19(20-4)17-12-10-14(2)11-13-17/h6-13,15,19-20H,5H2,1-4H3. The normalized spacial score (nSPS) is 13.7. The molecule has 0 aromatic heterocycles. The molecule has 2 unspecified atom stereocenters. The van der Waals surface area contributed by atoms with Gasteiger partial charge in [0.2, 0.25) is 0 Å². The minimum atomic E-state index is 0.0606. The van der Waals surface area contributed by atoms with Gasteiger partial charge in [-0.05, 0) is 44.5 Å². The Morgan fingerprint density at radius 1 is 1.05 bits per heavy atom. The predicted molar refractivity (Wildman–Crippen MR) is 88.9 cm³/mol. The summed E-state index contributed by atoms with van der Waals surface area (Å²) in [5, 5.41) is 3.37. The molecule has 0 bridgehead atoms. The highest BCUT2D eigenvalue weighted by Crippen LogP contribution is 2.25. The van der Waals surface area contributed by atoms with Crippen LogP contribution in [0.25, 0.3) is 0 Å². The number of hydrogen-bond donors (Lipinski definition) is 1. The lowest BCUT2D eigenvalue weighted by Crippen LogP contribution is -2.31. The minimum Gasteiger partial charge on any atom is -0.488 e. The van der Waals surface area contributed by atoms with Gasteiger partial charge < -0.3 is 10.1 Å². The first kappa shape index (κ1) is 15.6. The van der Waals surface area contributed by atoms with Gasteiger partial charge in [0.05, 0.1) is 6.04 Å². The molecule has 0 saturated heterocycles. The number of benzene rings is 2. The number of ether oxygens (including phenoxy) is 1. The van der Waals surface area contributed by atoms with Crippen molar-refractivity contribution in [3.8, 4) is 5.75 Å². The Morgan fingerprint density at radius 2 is 1.71 bits per heavy atom. The zero-order chi connectivity index (χ0) is 15.2. The lowest BCUT2D eigenvalue weighted by atomic mass is 10.0. The number of para-hydroxylation sites is 1. The van der Waals surface area contributed by atoms with Crippen molar-refractivity contribution in [2.45, 2.75) is 39.3 Å². The third kappa shape index (κ3) is 3.85. The summed E-state index contributed by atoms with van der Waals surface area (Å²) in [7, 11) is 1.98. The molecule has 0 aliphatic carbocycles. The zero-order valence-electron chi connectivity index (χ0n) is 13.4. The first-order valence-electron chi connectivity index (χ1n) is 7.64. The largest absolute Gasteiger partial charge is 0.488 e. The van der Waals surface area contributed by atoms with Gasteiger partial charge in [-0.1, -0.05) is 55.0 Å². The summed E-state index contributed by atoms with van der Waals surface area (Å²) in [5.41, 5.74) is 3.78. The van der Waals surface area contributed by atoms with Crippen LogP contribution >= 0.6 is 0 Å². The first-order chi connectivity index (χ1) is 10.2. The summed E-state index contributed by atoms with van der Waals surface area (Å²) in [4.78, 5) is 0. The van der Waals surface area contributed by atoms with Gasteiger partial charge in [0.25, 0.3) is 0 Å². The fourth-order valence-corrected chi connectivity index (χ4v) is 2.63. The molecule has 0 fully saturated rings. The van der Waals surface area contributed by atoms with E-state index in [2.05, 4.69) is 68.6 Å². The summed E-state index contributed by atoms with van der Waals surface area (Å²) in [6.07, 6.45) is 1.04. The fourth-order valence-electron chi connectivity index (χ4n) is 2.63. The van der Waals surface area contributed by atoms with Crippen LogP contribution in [-0.2, 0) is 6.42 Å². The molecule has 2 nitrogen and oxygen atoms in total.